The van der Waals surface area contributed by atoms with Crippen molar-refractivity contribution in [2.24, 2.45) is 0 Å². The molecule has 1 N–H and O–H groups in total. The number of nitrogens with zero attached hydrogens (tertiary/aromatic N) is 3. The molecule has 80 valence electrons. The first-order valence-electron chi connectivity index (χ1n) is 4.30. The summed E-state index contributed by atoms with van der Waals surface area (Å²) in [5.74, 6) is -0.715. The third-order valence-electron chi connectivity index (χ3n) is 1.96. The molecule has 2 heterocycles. The van der Waals surface area contributed by atoms with Crippen molar-refractivity contribution in [3.63, 3.8) is 0 Å². The highest BCUT2D eigenvalue weighted by Gasteiger charge is 2.30. The van der Waals surface area contributed by atoms with Crippen molar-refractivity contribution < 1.29 is 9.59 Å². The van der Waals surface area contributed by atoms with E-state index in [0.717, 1.165) is 5.01 Å². The molecule has 0 unspecified atom stereocenters. The van der Waals surface area contributed by atoms with Gasteiger partial charge in [0.2, 0.25) is 5.91 Å². The Morgan fingerprint density at radius 2 is 2.31 bits per heavy atom. The lowest BCUT2D eigenvalue weighted by molar-refractivity contribution is -0.122. The second-order valence-electron chi connectivity index (χ2n) is 3.08. The molecule has 2 rings (SSSR count). The van der Waals surface area contributed by atoms with Gasteiger partial charge in [-0.15, -0.1) is 0 Å². The number of hydrazine groups is 1. The third-order valence-corrected chi connectivity index (χ3v) is 2.24. The van der Waals surface area contributed by atoms with Gasteiger partial charge in [0, 0.05) is 6.20 Å². The van der Waals surface area contributed by atoms with Crippen molar-refractivity contribution in [2.75, 3.05) is 5.01 Å². The topological polar surface area (TPSA) is 86.1 Å². The summed E-state index contributed by atoms with van der Waals surface area (Å²) in [6.45, 7) is 0. The van der Waals surface area contributed by atoms with E-state index < -0.39 is 11.8 Å². The minimum Gasteiger partial charge on any atom is -0.273 e. The molecule has 0 aromatic carbocycles. The van der Waals surface area contributed by atoms with Crippen LogP contribution >= 0.6 is 11.6 Å². The van der Waals surface area contributed by atoms with Gasteiger partial charge in [-0.1, -0.05) is 11.6 Å². The lowest BCUT2D eigenvalue weighted by atomic mass is 10.3. The van der Waals surface area contributed by atoms with Crippen molar-refractivity contribution in [3.05, 3.63) is 22.8 Å². The molecule has 0 bridgehead atoms. The fourth-order valence-electron chi connectivity index (χ4n) is 1.27. The van der Waals surface area contributed by atoms with Crippen LogP contribution in [0.3, 0.4) is 0 Å². The fourth-order valence-corrected chi connectivity index (χ4v) is 1.52. The fraction of sp³-hybridized carbons (Fsp3) is 0.111. The molecule has 1 saturated heterocycles. The van der Waals surface area contributed by atoms with E-state index in [0.29, 0.717) is 0 Å². The Morgan fingerprint density at radius 3 is 2.81 bits per heavy atom. The number of rotatable bonds is 1. The Bertz CT molecular complexity index is 523. The lowest BCUT2D eigenvalue weighted by Crippen LogP contribution is -2.36. The molecule has 0 atom stereocenters. The summed E-state index contributed by atoms with van der Waals surface area (Å²) < 4.78 is 0. The van der Waals surface area contributed by atoms with E-state index in [4.69, 9.17) is 16.9 Å². The van der Waals surface area contributed by atoms with Gasteiger partial charge in [-0.2, -0.15) is 5.26 Å². The predicted molar refractivity (Wildman–Crippen MR) is 54.2 cm³/mol. The van der Waals surface area contributed by atoms with Crippen LogP contribution in [-0.4, -0.2) is 16.8 Å². The molecule has 1 aliphatic heterocycles. The van der Waals surface area contributed by atoms with Crippen molar-refractivity contribution in [1.82, 2.24) is 10.4 Å². The van der Waals surface area contributed by atoms with Crippen LogP contribution in [0.25, 0.3) is 0 Å². The third kappa shape index (κ3) is 1.68. The maximum absolute atomic E-state index is 11.4. The Kier molecular flexibility index (Phi) is 2.46. The molecule has 0 saturated carbocycles. The van der Waals surface area contributed by atoms with Crippen LogP contribution < -0.4 is 10.4 Å². The zero-order valence-electron chi connectivity index (χ0n) is 7.90. The molecule has 1 aromatic rings. The summed E-state index contributed by atoms with van der Waals surface area (Å²) in [6.07, 6.45) is 1.05. The largest absolute Gasteiger partial charge is 0.273 e. The summed E-state index contributed by atoms with van der Waals surface area (Å²) in [6, 6.07) is 3.24. The molecule has 1 fully saturated rings. The summed E-state index contributed by atoms with van der Waals surface area (Å²) in [5.41, 5.74) is 2.60. The van der Waals surface area contributed by atoms with Crippen LogP contribution in [0.4, 0.5) is 5.82 Å². The monoisotopic (exact) mass is 236 g/mol. The van der Waals surface area contributed by atoms with Gasteiger partial charge in [-0.25, -0.2) is 9.99 Å². The smallest absolute Gasteiger partial charge is 0.256 e. The number of halogens is 1. The molecule has 0 radical (unpaired) electrons. The van der Waals surface area contributed by atoms with E-state index in [-0.39, 0.29) is 22.8 Å². The van der Waals surface area contributed by atoms with E-state index in [1.54, 1.807) is 0 Å². The van der Waals surface area contributed by atoms with Gasteiger partial charge in [-0.3, -0.25) is 15.0 Å². The zero-order valence-corrected chi connectivity index (χ0v) is 8.65. The molecule has 16 heavy (non-hydrogen) atoms. The molecular formula is C9H5ClN4O2. The van der Waals surface area contributed by atoms with Crippen LogP contribution in [0, 0.1) is 11.3 Å². The number of nitriles is 1. The van der Waals surface area contributed by atoms with E-state index in [9.17, 15) is 9.59 Å². The number of nitrogens with one attached hydrogen (secondary N) is 1. The van der Waals surface area contributed by atoms with Crippen molar-refractivity contribution in [3.8, 4) is 6.07 Å². The average Bonchev–Trinajstić information content (AvgIpc) is 2.57. The van der Waals surface area contributed by atoms with Gasteiger partial charge in [-0.05, 0) is 6.07 Å². The second kappa shape index (κ2) is 3.79. The normalized spacial score (nSPS) is 14.9. The number of carbonyl (C=O) groups is 2. The van der Waals surface area contributed by atoms with Crippen molar-refractivity contribution in [2.45, 2.75) is 6.42 Å². The first kappa shape index (κ1) is 10.4. The number of hydrogen-bond acceptors (Lipinski definition) is 4. The van der Waals surface area contributed by atoms with Crippen LogP contribution in [0.2, 0.25) is 5.02 Å². The van der Waals surface area contributed by atoms with Crippen molar-refractivity contribution in [1.29, 1.82) is 5.26 Å². The molecule has 6 nitrogen and oxygen atoms in total. The highest BCUT2D eigenvalue weighted by molar-refractivity contribution is 6.34. The number of pyridine rings is 1. The summed E-state index contributed by atoms with van der Waals surface area (Å²) >= 11 is 5.84. The Balaban J connectivity index is 2.39. The van der Waals surface area contributed by atoms with Gasteiger partial charge in [0.1, 0.15) is 12.5 Å². The first-order valence-corrected chi connectivity index (χ1v) is 4.67. The number of aromatic nitrogens is 1. The number of hydrogen-bond donors (Lipinski definition) is 1. The minimum absolute atomic E-state index is 0.122. The summed E-state index contributed by atoms with van der Waals surface area (Å²) in [4.78, 5) is 26.2. The van der Waals surface area contributed by atoms with E-state index >= 15 is 0 Å². The number of anilines is 1. The Labute approximate surface area is 95.4 Å². The highest BCUT2D eigenvalue weighted by atomic mass is 35.5. The SMILES string of the molecule is N#Cc1cnc(N2NC(=O)CC2=O)c(Cl)c1. The standard InChI is InChI=1S/C9H5ClN4O2/c10-6-1-5(3-11)4-12-9(6)14-8(16)2-7(15)13-14/h1,4H,2H2,(H,13,15). The maximum atomic E-state index is 11.4. The van der Waals surface area contributed by atoms with Gasteiger partial charge in [0.15, 0.2) is 5.82 Å². The second-order valence-corrected chi connectivity index (χ2v) is 3.49. The van der Waals surface area contributed by atoms with E-state index in [1.165, 1.54) is 12.3 Å². The Hall–Kier alpha value is -2.13. The van der Waals surface area contributed by atoms with Gasteiger partial charge >= 0.3 is 0 Å². The van der Waals surface area contributed by atoms with Crippen LogP contribution in [0.15, 0.2) is 12.3 Å². The van der Waals surface area contributed by atoms with Gasteiger partial charge in [0.25, 0.3) is 5.91 Å². The highest BCUT2D eigenvalue weighted by Crippen LogP contribution is 2.24. The van der Waals surface area contributed by atoms with E-state index in [1.807, 2.05) is 6.07 Å². The maximum Gasteiger partial charge on any atom is 0.256 e. The minimum atomic E-state index is -0.427. The summed E-state index contributed by atoms with van der Waals surface area (Å²) in [7, 11) is 0. The predicted octanol–water partition coefficient (Wildman–Crippen LogP) is 0.375. The Morgan fingerprint density at radius 1 is 1.56 bits per heavy atom. The van der Waals surface area contributed by atoms with E-state index in [2.05, 4.69) is 10.4 Å². The van der Waals surface area contributed by atoms with Crippen molar-refractivity contribution >= 4 is 29.2 Å². The molecule has 1 aliphatic rings. The quantitative estimate of drug-likeness (QED) is 0.714. The molecular weight excluding hydrogens is 232 g/mol. The van der Waals surface area contributed by atoms with Crippen LogP contribution in [0.5, 0.6) is 0 Å². The van der Waals surface area contributed by atoms with Crippen LogP contribution in [0.1, 0.15) is 12.0 Å². The van der Waals surface area contributed by atoms with Gasteiger partial charge in [0.05, 0.1) is 10.6 Å². The molecule has 0 spiro atoms. The summed E-state index contributed by atoms with van der Waals surface area (Å²) in [5, 5.41) is 9.73. The molecule has 1 aromatic heterocycles. The zero-order chi connectivity index (χ0) is 11.7. The number of amides is 2. The first-order chi connectivity index (χ1) is 7.61. The molecule has 0 aliphatic carbocycles. The average molecular weight is 237 g/mol. The number of carbonyl (C=O) groups excluding carboxylic acids is 2. The lowest BCUT2D eigenvalue weighted by Gasteiger charge is -2.14. The molecule has 7 heteroatoms. The van der Waals surface area contributed by atoms with Crippen LogP contribution in [-0.2, 0) is 9.59 Å². The van der Waals surface area contributed by atoms with Gasteiger partial charge < -0.3 is 0 Å². The molecule has 2 amide bonds.